The number of likely N-dealkylation sites (N-methyl/N-ethyl adjacent to an activating group) is 2. The zero-order valence-corrected chi connectivity index (χ0v) is 57.6. The Morgan fingerprint density at radius 1 is 0.489 bits per heavy atom. The Labute approximate surface area is 535 Å². The van der Waals surface area contributed by atoms with Gasteiger partial charge in [0.15, 0.2) is 0 Å². The molecule has 0 aliphatic carbocycles. The number of hydrazine groups is 4. The van der Waals surface area contributed by atoms with Crippen LogP contribution in [-0.4, -0.2) is 29.1 Å². The van der Waals surface area contributed by atoms with Crippen molar-refractivity contribution in [1.29, 1.82) is 0 Å². The van der Waals surface area contributed by atoms with Crippen molar-refractivity contribution in [1.82, 2.24) is 21.1 Å². The second kappa shape index (κ2) is 29.5. The summed E-state index contributed by atoms with van der Waals surface area (Å²) in [4.78, 5) is 2.15. The molecular weight excluding hydrogens is 1400 g/mol. The summed E-state index contributed by atoms with van der Waals surface area (Å²) in [6.45, 7) is 25.5. The van der Waals surface area contributed by atoms with Gasteiger partial charge in [0.25, 0.3) is 0 Å². The van der Waals surface area contributed by atoms with Gasteiger partial charge < -0.3 is 0 Å². The molecule has 0 radical (unpaired) electrons. The van der Waals surface area contributed by atoms with Crippen molar-refractivity contribution in [3.63, 3.8) is 0 Å². The van der Waals surface area contributed by atoms with Gasteiger partial charge in [-0.1, -0.05) is 199 Å². The van der Waals surface area contributed by atoms with E-state index in [1.165, 1.54) is 83.7 Å². The fourth-order valence-corrected chi connectivity index (χ4v) is 10.8. The molecule has 26 heteroatoms. The van der Waals surface area contributed by atoms with Crippen LogP contribution >= 0.6 is 64.5 Å². The van der Waals surface area contributed by atoms with E-state index in [1.54, 1.807) is 0 Å². The fraction of sp³-hybridized carbons (Fsp3) is 0.258. The molecule has 2 aliphatic rings. The number of anilines is 3. The van der Waals surface area contributed by atoms with Gasteiger partial charge in [-0.05, 0) is 150 Å². The van der Waals surface area contributed by atoms with Gasteiger partial charge in [0, 0.05) is 25.9 Å². The average molecular weight is 1470 g/mol. The van der Waals surface area contributed by atoms with E-state index in [2.05, 4.69) is 290 Å². The van der Waals surface area contributed by atoms with Crippen molar-refractivity contribution in [2.45, 2.75) is 94.1 Å². The number of alkyl halides is 1. The summed E-state index contributed by atoms with van der Waals surface area (Å²) in [5.41, 5.74) is 34.0. The van der Waals surface area contributed by atoms with Crippen molar-refractivity contribution in [2.24, 2.45) is 10.3 Å². The Bertz CT molecular complexity index is 3430. The average Bonchev–Trinajstić information content (AvgIpc) is 1.74. The Morgan fingerprint density at radius 3 is 1.24 bits per heavy atom. The van der Waals surface area contributed by atoms with Gasteiger partial charge in [0.05, 0.1) is 34.5 Å². The van der Waals surface area contributed by atoms with Gasteiger partial charge in [-0.15, -0.1) is 27.6 Å². The Kier molecular flexibility index (Phi) is 25.7. The fourth-order valence-electron chi connectivity index (χ4n) is 9.79. The predicted octanol–water partition coefficient (Wildman–Crippen LogP) is 24.1. The molecule has 484 valence electrons. The summed E-state index contributed by atoms with van der Waals surface area (Å²) in [6, 6.07) is 49.1. The zero-order chi connectivity index (χ0) is 65.7. The Balaban J connectivity index is 0.000000300. The molecule has 2 unspecified atom stereocenters. The van der Waals surface area contributed by atoms with Crippen molar-refractivity contribution in [2.75, 3.05) is 29.5 Å². The van der Waals surface area contributed by atoms with E-state index in [0.29, 0.717) is 11.0 Å². The minimum absolute atomic E-state index is 0. The molecule has 2 aliphatic heterocycles. The van der Waals surface area contributed by atoms with Gasteiger partial charge in [-0.25, -0.2) is 10.0 Å². The molecule has 7 aromatic rings. The molecule has 7 aromatic carbocycles. The van der Waals surface area contributed by atoms with Gasteiger partial charge in [-0.2, -0.15) is 5.53 Å². The molecule has 0 saturated carbocycles. The summed E-state index contributed by atoms with van der Waals surface area (Å²) in [7, 11) is -17.2. The molecule has 9 rings (SSSR count). The first-order chi connectivity index (χ1) is 39.8. The normalized spacial score (nSPS) is 16.7. The predicted molar refractivity (Wildman–Crippen MR) is 356 cm³/mol. The molecule has 2 atom stereocenters. The summed E-state index contributed by atoms with van der Waals surface area (Å²) in [5, 5.41) is 17.1. The molecule has 0 spiro atoms. The van der Waals surface area contributed by atoms with Gasteiger partial charge >= 0.3 is 66.0 Å². The summed E-state index contributed by atoms with van der Waals surface area (Å²) < 4.78 is 118. The van der Waals surface area contributed by atoms with Crippen LogP contribution < -0.4 is 26.5 Å². The molecule has 3 N–H and O–H groups in total. The van der Waals surface area contributed by atoms with Crippen LogP contribution in [0, 0.1) is 83.1 Å². The number of halogens is 15. The van der Waals surface area contributed by atoms with Gasteiger partial charge in [-0.3, -0.25) is 15.4 Å². The summed E-state index contributed by atoms with van der Waals surface area (Å²) in [6.07, 6.45) is 4.21. The first-order valence-electron chi connectivity index (χ1n) is 26.7. The topological polar surface area (TPSA) is 73.8 Å². The number of hydrogen-bond donors (Lipinski definition) is 3. The quantitative estimate of drug-likeness (QED) is 0.0350. The van der Waals surface area contributed by atoms with Crippen molar-refractivity contribution >= 4 is 99.0 Å². The third kappa shape index (κ3) is 27.6. The molecule has 88 heavy (non-hydrogen) atoms. The van der Waals surface area contributed by atoms with E-state index in [9.17, 15) is 50.4 Å². The second-order valence-corrected chi connectivity index (χ2v) is 26.5. The van der Waals surface area contributed by atoms with Crippen LogP contribution in [0.3, 0.4) is 0 Å². The maximum absolute atomic E-state index is 10.7. The van der Waals surface area contributed by atoms with E-state index >= 15 is 0 Å². The molecule has 9 nitrogen and oxygen atoms in total. The second-order valence-electron chi connectivity index (χ2n) is 21.2. The van der Waals surface area contributed by atoms with E-state index in [4.69, 9.17) is 0 Å². The van der Waals surface area contributed by atoms with E-state index in [0.717, 1.165) is 28.2 Å². The van der Waals surface area contributed by atoms with Crippen molar-refractivity contribution < 1.29 is 50.4 Å². The molecule has 0 aromatic heterocycles. The number of benzene rings is 7. The van der Waals surface area contributed by atoms with E-state index < -0.39 is 15.6 Å². The van der Waals surface area contributed by atoms with E-state index in [1.807, 2.05) is 42.4 Å². The summed E-state index contributed by atoms with van der Waals surface area (Å²) >= 11 is 6.87. The standard InChI is InChI=1S/C26H29N3.C18H23N3.C10H14BrN3.C8H7Br.BrH.2F6P/c1-17-12-19(3)25(20(4)13-17)28-16-24(23-10-8-7-9-11-23)29(27-28)26-21(5)14-18(2)15-22(26)6;1-11-7-13(3)17(14(4)8-11)19-21-20-18-15(5)9-12(2)10-16(18)6;1-13-9(10(11)14(2)12-13)8-6-4-3-5-7-8;9-7-6-8-4-2-1-3-5-8;;2*1-7(2,3,4,5)6/h7-16,27H,1-6H3;7-10H,1-6H3,(H,19,20);3-7,9-10,12H,1-2H3;1-7H;1H;;/q;;;;;2*-1. The Hall–Kier alpha value is -5.68. The minimum atomic E-state index is -10.7. The van der Waals surface area contributed by atoms with Crippen LogP contribution in [0.5, 0.6) is 0 Å². The summed E-state index contributed by atoms with van der Waals surface area (Å²) in [5.74, 6) is 0. The number of hydrogen-bond acceptors (Lipinski definition) is 8. The van der Waals surface area contributed by atoms with E-state index in [-0.39, 0.29) is 17.0 Å². The zero-order valence-electron chi connectivity index (χ0n) is 50.9. The van der Waals surface area contributed by atoms with Gasteiger partial charge in [0.1, 0.15) is 4.95 Å². The third-order valence-corrected chi connectivity index (χ3v) is 14.1. The Morgan fingerprint density at radius 2 is 0.852 bits per heavy atom. The van der Waals surface area contributed by atoms with Crippen molar-refractivity contribution in [3.8, 4) is 0 Å². The maximum atomic E-state index is 9.87. The van der Waals surface area contributed by atoms with Crippen LogP contribution in [0.1, 0.15) is 89.5 Å². The molecule has 1 saturated heterocycles. The third-order valence-electron chi connectivity index (χ3n) is 12.7. The molecule has 1 fully saturated rings. The number of nitrogens with zero attached hydrogens (tertiary/aromatic N) is 6. The molecule has 0 bridgehead atoms. The first-order valence-corrected chi connectivity index (χ1v) is 32.6. The van der Waals surface area contributed by atoms with Crippen LogP contribution in [0.4, 0.5) is 73.1 Å². The van der Waals surface area contributed by atoms with Crippen molar-refractivity contribution in [3.05, 3.63) is 234 Å². The molecule has 2 heterocycles. The van der Waals surface area contributed by atoms with Crippen LogP contribution in [0.25, 0.3) is 11.8 Å². The number of nitrogens with one attached hydrogen (secondary N) is 3. The number of rotatable bonds is 8. The molecule has 0 amide bonds. The monoisotopic (exact) mass is 1470 g/mol. The SMILES string of the molecule is Br.BrC=Cc1ccccc1.CN1NN(C)C(c2ccccc2)C1Br.Cc1cc(C)c(N2C=C(c3ccccc3)N(c3c(C)cc(C)cc3C)N2)c(C)c1.Cc1cc(C)c(N=NNc2c(C)cc(C)cc2C)c(C)c1.F[P-](F)(F)(F)(F)F.F[P-](F)(F)(F)(F)F. The van der Waals surface area contributed by atoms with Crippen LogP contribution in [-0.2, 0) is 0 Å². The van der Waals surface area contributed by atoms with Gasteiger partial charge in [0.2, 0.25) is 0 Å². The van der Waals surface area contributed by atoms with Crippen LogP contribution in [0.2, 0.25) is 0 Å². The molecular formula is C62H74Br3F12N9P2-2. The van der Waals surface area contributed by atoms with Crippen LogP contribution in [0.15, 0.2) is 161 Å². The first kappa shape index (κ1) is 76.6. The number of aryl methyl sites for hydroxylation is 12.